The van der Waals surface area contributed by atoms with Gasteiger partial charge in [-0.2, -0.15) is 0 Å². The standard InChI is InChI=1S/C17H15NO3S/c1-20-13-8-7-11(9-14(13)21-2)10-16-17(19)18-12-5-3-4-6-15(12)22-16/h3-10H,1-2H3,(H,18,19)/b16-10+. The number of hydrogen-bond acceptors (Lipinski definition) is 4. The highest BCUT2D eigenvalue weighted by atomic mass is 32.2. The molecule has 0 atom stereocenters. The van der Waals surface area contributed by atoms with Crippen LogP contribution in [0.3, 0.4) is 0 Å². The number of hydrogen-bond donors (Lipinski definition) is 1. The van der Waals surface area contributed by atoms with E-state index >= 15 is 0 Å². The minimum absolute atomic E-state index is 0.0986. The van der Waals surface area contributed by atoms with E-state index < -0.39 is 0 Å². The van der Waals surface area contributed by atoms with Crippen molar-refractivity contribution >= 4 is 29.4 Å². The second-order valence-electron chi connectivity index (χ2n) is 4.68. The van der Waals surface area contributed by atoms with Crippen molar-refractivity contribution in [2.45, 2.75) is 4.90 Å². The van der Waals surface area contributed by atoms with Crippen molar-refractivity contribution in [3.63, 3.8) is 0 Å². The van der Waals surface area contributed by atoms with Gasteiger partial charge in [-0.3, -0.25) is 4.79 Å². The number of anilines is 1. The van der Waals surface area contributed by atoms with Crippen LogP contribution >= 0.6 is 11.8 Å². The highest BCUT2D eigenvalue weighted by Gasteiger charge is 2.20. The predicted octanol–water partition coefficient (Wildman–Crippen LogP) is 3.79. The smallest absolute Gasteiger partial charge is 0.262 e. The zero-order valence-electron chi connectivity index (χ0n) is 12.3. The number of rotatable bonds is 3. The van der Waals surface area contributed by atoms with E-state index in [-0.39, 0.29) is 5.91 Å². The minimum atomic E-state index is -0.0986. The van der Waals surface area contributed by atoms with Gasteiger partial charge in [0.25, 0.3) is 5.91 Å². The maximum absolute atomic E-state index is 12.2. The largest absolute Gasteiger partial charge is 0.493 e. The molecule has 0 unspecified atom stereocenters. The highest BCUT2D eigenvalue weighted by Crippen LogP contribution is 2.39. The fourth-order valence-corrected chi connectivity index (χ4v) is 3.15. The number of ether oxygens (including phenoxy) is 2. The molecule has 1 aliphatic heterocycles. The number of para-hydroxylation sites is 1. The molecule has 1 heterocycles. The van der Waals surface area contributed by atoms with E-state index in [9.17, 15) is 4.79 Å². The number of carbonyl (C=O) groups is 1. The maximum Gasteiger partial charge on any atom is 0.262 e. The van der Waals surface area contributed by atoms with E-state index in [1.54, 1.807) is 14.2 Å². The lowest BCUT2D eigenvalue weighted by Gasteiger charge is -2.18. The molecule has 0 saturated heterocycles. The second kappa shape index (κ2) is 6.15. The number of thioether (sulfide) groups is 1. The van der Waals surface area contributed by atoms with Crippen LogP contribution < -0.4 is 14.8 Å². The topological polar surface area (TPSA) is 47.6 Å². The van der Waals surface area contributed by atoms with Crippen LogP contribution in [0.1, 0.15) is 5.56 Å². The molecule has 1 aliphatic rings. The van der Waals surface area contributed by atoms with Gasteiger partial charge in [-0.25, -0.2) is 0 Å². The summed E-state index contributed by atoms with van der Waals surface area (Å²) in [5.74, 6) is 1.20. The molecule has 0 saturated carbocycles. The van der Waals surface area contributed by atoms with Crippen LogP contribution in [0, 0.1) is 0 Å². The van der Waals surface area contributed by atoms with Crippen LogP contribution in [-0.2, 0) is 4.79 Å². The van der Waals surface area contributed by atoms with Gasteiger partial charge in [-0.15, -0.1) is 0 Å². The molecular weight excluding hydrogens is 298 g/mol. The van der Waals surface area contributed by atoms with Crippen LogP contribution in [-0.4, -0.2) is 20.1 Å². The molecule has 5 heteroatoms. The molecule has 1 amide bonds. The van der Waals surface area contributed by atoms with Gasteiger partial charge in [0.15, 0.2) is 11.5 Å². The fraction of sp³-hybridized carbons (Fsp3) is 0.118. The number of nitrogens with one attached hydrogen (secondary N) is 1. The first-order valence-corrected chi connectivity index (χ1v) is 7.55. The van der Waals surface area contributed by atoms with E-state index in [0.717, 1.165) is 16.1 Å². The molecule has 0 bridgehead atoms. The van der Waals surface area contributed by atoms with Gasteiger partial charge in [0, 0.05) is 4.90 Å². The van der Waals surface area contributed by atoms with Crippen LogP contribution in [0.5, 0.6) is 11.5 Å². The Bertz CT molecular complexity index is 755. The SMILES string of the molecule is COc1ccc(/C=C2/Sc3ccccc3NC2=O)cc1OC. The summed E-state index contributed by atoms with van der Waals surface area (Å²) >= 11 is 1.46. The van der Waals surface area contributed by atoms with Crippen molar-refractivity contribution in [3.8, 4) is 11.5 Å². The van der Waals surface area contributed by atoms with Crippen LogP contribution in [0.15, 0.2) is 52.3 Å². The molecule has 3 rings (SSSR count). The molecule has 4 nitrogen and oxygen atoms in total. The highest BCUT2D eigenvalue weighted by molar-refractivity contribution is 8.04. The van der Waals surface area contributed by atoms with Gasteiger partial charge in [-0.05, 0) is 35.9 Å². The average Bonchev–Trinajstić information content (AvgIpc) is 2.55. The Morgan fingerprint density at radius 2 is 1.82 bits per heavy atom. The Kier molecular flexibility index (Phi) is 4.06. The number of amides is 1. The molecule has 0 aliphatic carbocycles. The van der Waals surface area contributed by atoms with Gasteiger partial charge in [-0.1, -0.05) is 30.0 Å². The number of benzene rings is 2. The van der Waals surface area contributed by atoms with E-state index in [4.69, 9.17) is 9.47 Å². The molecule has 0 fully saturated rings. The summed E-state index contributed by atoms with van der Waals surface area (Å²) in [5.41, 5.74) is 1.73. The molecule has 0 radical (unpaired) electrons. The summed E-state index contributed by atoms with van der Waals surface area (Å²) < 4.78 is 10.5. The summed E-state index contributed by atoms with van der Waals surface area (Å²) in [6.45, 7) is 0. The summed E-state index contributed by atoms with van der Waals surface area (Å²) in [7, 11) is 3.18. The third-order valence-electron chi connectivity index (χ3n) is 3.28. The summed E-state index contributed by atoms with van der Waals surface area (Å²) in [6.07, 6.45) is 1.85. The van der Waals surface area contributed by atoms with Crippen molar-refractivity contribution in [2.75, 3.05) is 19.5 Å². The minimum Gasteiger partial charge on any atom is -0.493 e. The molecule has 2 aromatic carbocycles. The summed E-state index contributed by atoms with van der Waals surface area (Å²) in [6, 6.07) is 13.3. The fourth-order valence-electron chi connectivity index (χ4n) is 2.20. The number of fused-ring (bicyclic) bond motifs is 1. The Hall–Kier alpha value is -2.40. The second-order valence-corrected chi connectivity index (χ2v) is 5.76. The van der Waals surface area contributed by atoms with Crippen molar-refractivity contribution in [3.05, 3.63) is 52.9 Å². The van der Waals surface area contributed by atoms with Crippen molar-refractivity contribution in [1.82, 2.24) is 0 Å². The van der Waals surface area contributed by atoms with E-state index in [0.29, 0.717) is 16.4 Å². The average molecular weight is 313 g/mol. The Balaban J connectivity index is 1.94. The quantitative estimate of drug-likeness (QED) is 0.876. The first-order chi connectivity index (χ1) is 10.7. The van der Waals surface area contributed by atoms with E-state index in [1.807, 2.05) is 48.5 Å². The number of carbonyl (C=O) groups excluding carboxylic acids is 1. The van der Waals surface area contributed by atoms with Gasteiger partial charge >= 0.3 is 0 Å². The van der Waals surface area contributed by atoms with Gasteiger partial charge in [0.05, 0.1) is 24.8 Å². The third kappa shape index (κ3) is 2.80. The lowest BCUT2D eigenvalue weighted by atomic mass is 10.2. The Morgan fingerprint density at radius 3 is 2.59 bits per heavy atom. The number of methoxy groups -OCH3 is 2. The molecule has 0 aromatic heterocycles. The van der Waals surface area contributed by atoms with Crippen molar-refractivity contribution in [2.24, 2.45) is 0 Å². The van der Waals surface area contributed by atoms with Crippen molar-refractivity contribution < 1.29 is 14.3 Å². The van der Waals surface area contributed by atoms with Gasteiger partial charge < -0.3 is 14.8 Å². The van der Waals surface area contributed by atoms with Gasteiger partial charge in [0.2, 0.25) is 0 Å². The predicted molar refractivity (Wildman–Crippen MR) is 88.5 cm³/mol. The first kappa shape index (κ1) is 14.5. The molecule has 0 spiro atoms. The summed E-state index contributed by atoms with van der Waals surface area (Å²) in [5, 5.41) is 2.90. The lowest BCUT2D eigenvalue weighted by Crippen LogP contribution is -2.17. The Labute approximate surface area is 133 Å². The monoisotopic (exact) mass is 313 g/mol. The van der Waals surface area contributed by atoms with Crippen LogP contribution in [0.2, 0.25) is 0 Å². The van der Waals surface area contributed by atoms with Crippen LogP contribution in [0.4, 0.5) is 5.69 Å². The lowest BCUT2D eigenvalue weighted by molar-refractivity contribution is -0.112. The normalized spacial score (nSPS) is 15.2. The van der Waals surface area contributed by atoms with Crippen LogP contribution in [0.25, 0.3) is 6.08 Å². The van der Waals surface area contributed by atoms with E-state index in [2.05, 4.69) is 5.32 Å². The molecule has 22 heavy (non-hydrogen) atoms. The first-order valence-electron chi connectivity index (χ1n) is 6.73. The van der Waals surface area contributed by atoms with E-state index in [1.165, 1.54) is 11.8 Å². The molecular formula is C17H15NO3S. The molecule has 112 valence electrons. The molecule has 2 aromatic rings. The zero-order valence-corrected chi connectivity index (χ0v) is 13.1. The zero-order chi connectivity index (χ0) is 15.5. The van der Waals surface area contributed by atoms with Gasteiger partial charge in [0.1, 0.15) is 0 Å². The van der Waals surface area contributed by atoms with Crippen molar-refractivity contribution in [1.29, 1.82) is 0 Å². The Morgan fingerprint density at radius 1 is 1.05 bits per heavy atom. The molecule has 1 N–H and O–H groups in total. The third-order valence-corrected chi connectivity index (χ3v) is 4.38. The maximum atomic E-state index is 12.2. The summed E-state index contributed by atoms with van der Waals surface area (Å²) in [4.78, 5) is 13.9.